The minimum atomic E-state index is 0. The van der Waals surface area contributed by atoms with Crippen molar-refractivity contribution in [2.24, 2.45) is 11.5 Å². The van der Waals surface area contributed by atoms with Gasteiger partial charge in [0.25, 0.3) is 0 Å². The van der Waals surface area contributed by atoms with E-state index in [2.05, 4.69) is 41.1 Å². The zero-order valence-corrected chi connectivity index (χ0v) is 12.0. The standard InChI is InChI=1S/C12H19BrN2.ClH/c1-9-5-6-10(8-11(9)13)12(15)4-2-3-7-14;/h5-6,8,12H,2-4,7,14-15H2,1H3;1H/t12-;/m0./s1. The molecule has 0 bridgehead atoms. The van der Waals surface area contributed by atoms with Gasteiger partial charge in [0.15, 0.2) is 0 Å². The molecule has 0 amide bonds. The molecule has 4 heteroatoms. The van der Waals surface area contributed by atoms with E-state index in [1.54, 1.807) is 0 Å². The molecule has 1 aromatic carbocycles. The predicted molar refractivity (Wildman–Crippen MR) is 76.0 cm³/mol. The zero-order valence-electron chi connectivity index (χ0n) is 9.58. The van der Waals surface area contributed by atoms with Gasteiger partial charge in [-0.1, -0.05) is 34.5 Å². The molecule has 16 heavy (non-hydrogen) atoms. The predicted octanol–water partition coefficient (Wildman–Crippen LogP) is 3.31. The van der Waals surface area contributed by atoms with Crippen LogP contribution in [0.3, 0.4) is 0 Å². The first-order chi connectivity index (χ1) is 7.15. The summed E-state index contributed by atoms with van der Waals surface area (Å²) in [5, 5.41) is 0. The number of nitrogens with two attached hydrogens (primary N) is 2. The van der Waals surface area contributed by atoms with Crippen LogP contribution in [0.1, 0.15) is 36.4 Å². The van der Waals surface area contributed by atoms with E-state index < -0.39 is 0 Å². The third-order valence-corrected chi connectivity index (χ3v) is 3.45. The average molecular weight is 308 g/mol. The number of halogens is 2. The molecule has 0 aliphatic rings. The third kappa shape index (κ3) is 4.83. The highest BCUT2D eigenvalue weighted by molar-refractivity contribution is 9.10. The fraction of sp³-hybridized carbons (Fsp3) is 0.500. The summed E-state index contributed by atoms with van der Waals surface area (Å²) in [5.74, 6) is 0. The first kappa shape index (κ1) is 15.9. The van der Waals surface area contributed by atoms with Crippen molar-refractivity contribution in [3.05, 3.63) is 33.8 Å². The summed E-state index contributed by atoms with van der Waals surface area (Å²) in [5.41, 5.74) is 14.0. The second kappa shape index (κ2) is 8.07. The van der Waals surface area contributed by atoms with Gasteiger partial charge in [-0.05, 0) is 43.5 Å². The Morgan fingerprint density at radius 3 is 2.56 bits per heavy atom. The minimum absolute atomic E-state index is 0. The Balaban J connectivity index is 0.00000225. The topological polar surface area (TPSA) is 52.0 Å². The minimum Gasteiger partial charge on any atom is -0.330 e. The smallest absolute Gasteiger partial charge is 0.0295 e. The van der Waals surface area contributed by atoms with Crippen LogP contribution in [0.25, 0.3) is 0 Å². The SMILES string of the molecule is Cc1ccc([C@@H](N)CCCCN)cc1Br.Cl. The highest BCUT2D eigenvalue weighted by atomic mass is 79.9. The fourth-order valence-electron chi connectivity index (χ4n) is 1.52. The molecule has 0 aromatic heterocycles. The number of unbranched alkanes of at least 4 members (excludes halogenated alkanes) is 1. The lowest BCUT2D eigenvalue weighted by Crippen LogP contribution is -2.11. The van der Waals surface area contributed by atoms with E-state index >= 15 is 0 Å². The molecule has 1 atom stereocenters. The number of benzene rings is 1. The van der Waals surface area contributed by atoms with Crippen molar-refractivity contribution in [3.8, 4) is 0 Å². The van der Waals surface area contributed by atoms with Crippen LogP contribution in [-0.4, -0.2) is 6.54 Å². The second-order valence-electron chi connectivity index (χ2n) is 3.90. The Bertz CT molecular complexity index is 318. The van der Waals surface area contributed by atoms with Gasteiger partial charge in [-0.15, -0.1) is 12.4 Å². The van der Waals surface area contributed by atoms with Crippen molar-refractivity contribution < 1.29 is 0 Å². The molecule has 4 N–H and O–H groups in total. The lowest BCUT2D eigenvalue weighted by molar-refractivity contribution is 0.591. The molecule has 0 aliphatic carbocycles. The fourth-order valence-corrected chi connectivity index (χ4v) is 1.91. The lowest BCUT2D eigenvalue weighted by atomic mass is 10.0. The van der Waals surface area contributed by atoms with E-state index in [-0.39, 0.29) is 18.4 Å². The molecule has 0 saturated carbocycles. The summed E-state index contributed by atoms with van der Waals surface area (Å²) >= 11 is 3.52. The molecular formula is C12H20BrClN2. The van der Waals surface area contributed by atoms with Crippen LogP contribution in [0.5, 0.6) is 0 Å². The van der Waals surface area contributed by atoms with Crippen molar-refractivity contribution in [3.63, 3.8) is 0 Å². The summed E-state index contributed by atoms with van der Waals surface area (Å²) in [4.78, 5) is 0. The maximum absolute atomic E-state index is 6.09. The molecule has 0 heterocycles. The molecule has 0 spiro atoms. The van der Waals surface area contributed by atoms with Crippen LogP contribution in [0, 0.1) is 6.92 Å². The molecule has 0 saturated heterocycles. The first-order valence-electron chi connectivity index (χ1n) is 5.37. The second-order valence-corrected chi connectivity index (χ2v) is 4.75. The maximum atomic E-state index is 6.09. The Hall–Kier alpha value is -0.0900. The van der Waals surface area contributed by atoms with Crippen LogP contribution in [0.15, 0.2) is 22.7 Å². The van der Waals surface area contributed by atoms with Gasteiger partial charge < -0.3 is 11.5 Å². The number of aryl methyl sites for hydroxylation is 1. The molecule has 92 valence electrons. The summed E-state index contributed by atoms with van der Waals surface area (Å²) in [6.07, 6.45) is 3.16. The zero-order chi connectivity index (χ0) is 11.3. The molecule has 0 fully saturated rings. The quantitative estimate of drug-likeness (QED) is 0.820. The maximum Gasteiger partial charge on any atom is 0.0295 e. The first-order valence-corrected chi connectivity index (χ1v) is 6.16. The van der Waals surface area contributed by atoms with Gasteiger partial charge in [0.1, 0.15) is 0 Å². The largest absolute Gasteiger partial charge is 0.330 e. The van der Waals surface area contributed by atoms with Crippen LogP contribution in [0.2, 0.25) is 0 Å². The van der Waals surface area contributed by atoms with Crippen LogP contribution in [0.4, 0.5) is 0 Å². The van der Waals surface area contributed by atoms with Crippen molar-refractivity contribution >= 4 is 28.3 Å². The van der Waals surface area contributed by atoms with Crippen molar-refractivity contribution in [2.75, 3.05) is 6.54 Å². The van der Waals surface area contributed by atoms with Crippen LogP contribution in [-0.2, 0) is 0 Å². The van der Waals surface area contributed by atoms with Crippen molar-refractivity contribution in [1.82, 2.24) is 0 Å². The Labute approximate surface area is 112 Å². The normalized spacial score (nSPS) is 12.0. The van der Waals surface area contributed by atoms with Crippen LogP contribution < -0.4 is 11.5 Å². The third-order valence-electron chi connectivity index (χ3n) is 2.59. The van der Waals surface area contributed by atoms with Gasteiger partial charge in [-0.3, -0.25) is 0 Å². The van der Waals surface area contributed by atoms with E-state index in [4.69, 9.17) is 11.5 Å². The van der Waals surface area contributed by atoms with Crippen LogP contribution >= 0.6 is 28.3 Å². The molecule has 0 aliphatic heterocycles. The molecule has 2 nitrogen and oxygen atoms in total. The van der Waals surface area contributed by atoms with Gasteiger partial charge in [-0.2, -0.15) is 0 Å². The van der Waals surface area contributed by atoms with E-state index in [0.29, 0.717) is 0 Å². The van der Waals surface area contributed by atoms with Gasteiger partial charge in [0.2, 0.25) is 0 Å². The highest BCUT2D eigenvalue weighted by Gasteiger charge is 2.06. The monoisotopic (exact) mass is 306 g/mol. The molecule has 0 unspecified atom stereocenters. The molecule has 0 radical (unpaired) electrons. The highest BCUT2D eigenvalue weighted by Crippen LogP contribution is 2.23. The van der Waals surface area contributed by atoms with Gasteiger partial charge >= 0.3 is 0 Å². The van der Waals surface area contributed by atoms with E-state index in [1.807, 2.05) is 0 Å². The van der Waals surface area contributed by atoms with E-state index in [9.17, 15) is 0 Å². The lowest BCUT2D eigenvalue weighted by Gasteiger charge is -2.12. The van der Waals surface area contributed by atoms with Crippen molar-refractivity contribution in [1.29, 1.82) is 0 Å². The average Bonchev–Trinajstić information content (AvgIpc) is 2.22. The van der Waals surface area contributed by atoms with Gasteiger partial charge in [0, 0.05) is 10.5 Å². The number of hydrogen-bond donors (Lipinski definition) is 2. The summed E-state index contributed by atoms with van der Waals surface area (Å²) < 4.78 is 1.13. The molecule has 1 rings (SSSR count). The van der Waals surface area contributed by atoms with E-state index in [0.717, 1.165) is 30.3 Å². The number of hydrogen-bond acceptors (Lipinski definition) is 2. The van der Waals surface area contributed by atoms with E-state index in [1.165, 1.54) is 11.1 Å². The molecule has 1 aromatic rings. The van der Waals surface area contributed by atoms with Crippen molar-refractivity contribution in [2.45, 2.75) is 32.2 Å². The summed E-state index contributed by atoms with van der Waals surface area (Å²) in [7, 11) is 0. The Morgan fingerprint density at radius 2 is 2.00 bits per heavy atom. The van der Waals surface area contributed by atoms with Gasteiger partial charge in [0.05, 0.1) is 0 Å². The Morgan fingerprint density at radius 1 is 1.31 bits per heavy atom. The summed E-state index contributed by atoms with van der Waals surface area (Å²) in [6, 6.07) is 6.45. The molecular weight excluding hydrogens is 288 g/mol. The Kier molecular flexibility index (Phi) is 8.02. The number of rotatable bonds is 5. The van der Waals surface area contributed by atoms with Gasteiger partial charge in [-0.25, -0.2) is 0 Å². The summed E-state index contributed by atoms with van der Waals surface area (Å²) in [6.45, 7) is 2.83.